The van der Waals surface area contributed by atoms with Crippen molar-refractivity contribution in [2.24, 2.45) is 0 Å². The molecule has 3 aromatic rings. The number of aryl methyl sites for hydroxylation is 1. The maximum atomic E-state index is 5.99. The summed E-state index contributed by atoms with van der Waals surface area (Å²) < 4.78 is 11.1. The molecule has 2 aromatic heterocycles. The van der Waals surface area contributed by atoms with Gasteiger partial charge in [-0.3, -0.25) is 0 Å². The highest BCUT2D eigenvalue weighted by molar-refractivity contribution is 9.11. The molecule has 0 spiro atoms. The van der Waals surface area contributed by atoms with Crippen LogP contribution in [0.1, 0.15) is 45.3 Å². The molecule has 0 aliphatic heterocycles. The summed E-state index contributed by atoms with van der Waals surface area (Å²) in [6.45, 7) is 10.1. The average Bonchev–Trinajstić information content (AvgIpc) is 3.08. The zero-order valence-corrected chi connectivity index (χ0v) is 21.5. The Balaban J connectivity index is 0.000000237. The minimum atomic E-state index is 0.166. The van der Waals surface area contributed by atoms with Crippen molar-refractivity contribution in [2.45, 2.75) is 46.7 Å². The zero-order valence-electron chi connectivity index (χ0n) is 16.0. The van der Waals surface area contributed by atoms with Gasteiger partial charge in [0.15, 0.2) is 4.73 Å². The van der Waals surface area contributed by atoms with Crippen LogP contribution in [0.3, 0.4) is 0 Å². The van der Waals surface area contributed by atoms with E-state index in [4.69, 9.17) is 16.3 Å². The Labute approximate surface area is 194 Å². The number of hydrogen-bond acceptors (Lipinski definition) is 5. The van der Waals surface area contributed by atoms with Gasteiger partial charge in [-0.15, -0.1) is 10.2 Å². The molecule has 3 rings (SSSR count). The van der Waals surface area contributed by atoms with Crippen LogP contribution in [-0.2, 0) is 0 Å². The average molecular weight is 600 g/mol. The smallest absolute Gasteiger partial charge is 0.321 e. The lowest BCUT2D eigenvalue weighted by atomic mass is 10.2. The summed E-state index contributed by atoms with van der Waals surface area (Å²) in [5.74, 6) is 0.654. The van der Waals surface area contributed by atoms with Gasteiger partial charge >= 0.3 is 6.01 Å². The first-order chi connectivity index (χ1) is 13.1. The lowest BCUT2D eigenvalue weighted by Crippen LogP contribution is -2.05. The van der Waals surface area contributed by atoms with Crippen LogP contribution in [0.5, 0.6) is 11.8 Å². The molecule has 152 valence electrons. The van der Waals surface area contributed by atoms with Gasteiger partial charge in [0.2, 0.25) is 9.47 Å². The fourth-order valence-electron chi connectivity index (χ4n) is 2.17. The molecule has 28 heavy (non-hydrogen) atoms. The molecule has 0 N–H and O–H groups in total. The number of rotatable bonds is 4. The summed E-state index contributed by atoms with van der Waals surface area (Å²) in [6, 6.07) is 6.48. The van der Waals surface area contributed by atoms with Gasteiger partial charge in [-0.2, -0.15) is 9.97 Å². The maximum absolute atomic E-state index is 5.99. The summed E-state index contributed by atoms with van der Waals surface area (Å²) in [7, 11) is 0. The van der Waals surface area contributed by atoms with E-state index in [0.717, 1.165) is 10.3 Å². The Hall–Kier alpha value is -0.970. The van der Waals surface area contributed by atoms with Gasteiger partial charge < -0.3 is 4.74 Å². The molecule has 0 bridgehead atoms. The third-order valence-electron chi connectivity index (χ3n) is 3.34. The van der Waals surface area contributed by atoms with Gasteiger partial charge in [-0.05, 0) is 106 Å². The maximum Gasteiger partial charge on any atom is 0.321 e. The topological polar surface area (TPSA) is 70.7 Å². The molecule has 0 unspecified atom stereocenters. The lowest BCUT2D eigenvalue weighted by Gasteiger charge is -2.10. The Bertz CT molecular complexity index is 921. The second-order valence-corrected chi connectivity index (χ2v) is 9.02. The van der Waals surface area contributed by atoms with Gasteiger partial charge in [0, 0.05) is 11.1 Å². The molecule has 1 aromatic carbocycles. The number of aromatic nitrogens is 6. The van der Waals surface area contributed by atoms with Crippen LogP contribution in [-0.4, -0.2) is 29.5 Å². The van der Waals surface area contributed by atoms with Crippen molar-refractivity contribution in [2.75, 3.05) is 0 Å². The molecule has 0 aliphatic rings. The molecule has 7 nitrogen and oxygen atoms in total. The van der Waals surface area contributed by atoms with E-state index < -0.39 is 0 Å². The summed E-state index contributed by atoms with van der Waals surface area (Å²) in [5.41, 5.74) is 1.03. The summed E-state index contributed by atoms with van der Waals surface area (Å²) in [6.07, 6.45) is 0. The van der Waals surface area contributed by atoms with Crippen molar-refractivity contribution in [3.8, 4) is 11.8 Å². The molecular formula is C17H20Br3ClN6O. The highest BCUT2D eigenvalue weighted by Gasteiger charge is 2.13. The second-order valence-electron chi connectivity index (χ2n) is 6.46. The predicted molar refractivity (Wildman–Crippen MR) is 120 cm³/mol. The highest BCUT2D eigenvalue weighted by Crippen LogP contribution is 2.27. The molecule has 0 radical (unpaired) electrons. The Kier molecular flexibility index (Phi) is 8.47. The third-order valence-corrected chi connectivity index (χ3v) is 4.77. The molecule has 0 aliphatic carbocycles. The van der Waals surface area contributed by atoms with Crippen molar-refractivity contribution >= 4 is 59.4 Å². The first-order valence-electron chi connectivity index (χ1n) is 8.41. The molecule has 0 amide bonds. The van der Waals surface area contributed by atoms with Crippen LogP contribution in [0.2, 0.25) is 5.02 Å². The number of halogens is 4. The minimum Gasteiger partial charge on any atom is -0.424 e. The van der Waals surface area contributed by atoms with E-state index in [1.807, 2.05) is 46.8 Å². The molecule has 0 saturated carbocycles. The number of ether oxygens (including phenoxy) is 1. The van der Waals surface area contributed by atoms with Crippen LogP contribution in [0.15, 0.2) is 32.4 Å². The van der Waals surface area contributed by atoms with Crippen molar-refractivity contribution < 1.29 is 4.74 Å². The van der Waals surface area contributed by atoms with E-state index in [1.165, 1.54) is 0 Å². The van der Waals surface area contributed by atoms with Crippen LogP contribution in [0, 0.1) is 6.92 Å². The number of hydrogen-bond donors (Lipinski definition) is 0. The van der Waals surface area contributed by atoms with Gasteiger partial charge in [0.25, 0.3) is 0 Å². The van der Waals surface area contributed by atoms with Crippen molar-refractivity contribution in [3.05, 3.63) is 43.0 Å². The van der Waals surface area contributed by atoms with Crippen molar-refractivity contribution in [3.63, 3.8) is 0 Å². The Morgan fingerprint density at radius 3 is 1.93 bits per heavy atom. The Morgan fingerprint density at radius 1 is 0.893 bits per heavy atom. The minimum absolute atomic E-state index is 0.166. The molecule has 11 heteroatoms. The van der Waals surface area contributed by atoms with Crippen LogP contribution < -0.4 is 4.74 Å². The second kappa shape index (κ2) is 10.2. The fraction of sp³-hybridized carbons (Fsp3) is 0.412. The number of nitrogens with zero attached hydrogens (tertiary/aromatic N) is 6. The third kappa shape index (κ3) is 6.53. The summed E-state index contributed by atoms with van der Waals surface area (Å²) in [4.78, 5) is 8.21. The highest BCUT2D eigenvalue weighted by atomic mass is 79.9. The molecule has 0 saturated heterocycles. The molecule has 2 heterocycles. The Morgan fingerprint density at radius 2 is 1.46 bits per heavy atom. The van der Waals surface area contributed by atoms with Gasteiger partial charge in [0.05, 0.1) is 6.04 Å². The predicted octanol–water partition coefficient (Wildman–Crippen LogP) is 6.76. The van der Waals surface area contributed by atoms with E-state index in [0.29, 0.717) is 32.3 Å². The summed E-state index contributed by atoms with van der Waals surface area (Å²) >= 11 is 15.7. The first kappa shape index (κ1) is 23.3. The van der Waals surface area contributed by atoms with Gasteiger partial charge in [-0.25, -0.2) is 9.36 Å². The fourth-order valence-corrected chi connectivity index (χ4v) is 4.00. The van der Waals surface area contributed by atoms with E-state index in [9.17, 15) is 0 Å². The quantitative estimate of drug-likeness (QED) is 0.332. The SMILES string of the molecule is CC(C)n1nc(Br)nc1Br.Cc1cc(Cl)cc(Oc2nc(Br)nn2C(C)C)c1. The van der Waals surface area contributed by atoms with E-state index in [-0.39, 0.29) is 6.04 Å². The van der Waals surface area contributed by atoms with Crippen LogP contribution >= 0.6 is 59.4 Å². The largest absolute Gasteiger partial charge is 0.424 e. The van der Waals surface area contributed by atoms with Gasteiger partial charge in [-0.1, -0.05) is 11.6 Å². The normalized spacial score (nSPS) is 11.0. The van der Waals surface area contributed by atoms with Crippen LogP contribution in [0.25, 0.3) is 0 Å². The van der Waals surface area contributed by atoms with E-state index >= 15 is 0 Å². The lowest BCUT2D eigenvalue weighted by molar-refractivity contribution is 0.376. The summed E-state index contributed by atoms with van der Waals surface area (Å²) in [5, 5.41) is 8.94. The molecular weight excluding hydrogens is 579 g/mol. The molecule has 0 atom stereocenters. The molecule has 0 fully saturated rings. The monoisotopic (exact) mass is 596 g/mol. The van der Waals surface area contributed by atoms with Crippen molar-refractivity contribution in [1.29, 1.82) is 0 Å². The first-order valence-corrected chi connectivity index (χ1v) is 11.2. The number of benzene rings is 1. The van der Waals surface area contributed by atoms with Gasteiger partial charge in [0.1, 0.15) is 5.75 Å². The standard InChI is InChI=1S/C12H13BrClN3O.C5H7Br2N3/c1-7(2)17-12(15-11(13)16-17)18-10-5-8(3)4-9(14)6-10;1-3(2)10-5(7)8-4(6)9-10/h4-7H,1-3H3;3H,1-2H3. The van der Waals surface area contributed by atoms with Crippen LogP contribution in [0.4, 0.5) is 0 Å². The van der Waals surface area contributed by atoms with E-state index in [2.05, 4.69) is 68.0 Å². The van der Waals surface area contributed by atoms with Crippen molar-refractivity contribution in [1.82, 2.24) is 29.5 Å². The van der Waals surface area contributed by atoms with E-state index in [1.54, 1.807) is 15.4 Å². The zero-order chi connectivity index (χ0) is 21.0.